The summed E-state index contributed by atoms with van der Waals surface area (Å²) in [5.41, 5.74) is 2.54. The highest BCUT2D eigenvalue weighted by atomic mass is 16.3. The molecule has 0 spiro atoms. The highest BCUT2D eigenvalue weighted by Gasteiger charge is 2.23. The van der Waals surface area contributed by atoms with Crippen LogP contribution in [0.2, 0.25) is 0 Å². The molecule has 0 unspecified atom stereocenters. The van der Waals surface area contributed by atoms with Crippen LogP contribution in [0, 0.1) is 0 Å². The van der Waals surface area contributed by atoms with Crippen LogP contribution in [0.25, 0.3) is 0 Å². The van der Waals surface area contributed by atoms with Gasteiger partial charge in [-0.3, -0.25) is 4.79 Å². The maximum absolute atomic E-state index is 12.1. The highest BCUT2D eigenvalue weighted by Crippen LogP contribution is 2.19. The third kappa shape index (κ3) is 1.82. The lowest BCUT2D eigenvalue weighted by atomic mass is 10.00. The summed E-state index contributed by atoms with van der Waals surface area (Å²) in [6.07, 6.45) is 3.64. The third-order valence-corrected chi connectivity index (χ3v) is 3.06. The molecule has 2 aromatic rings. The first-order valence-electron chi connectivity index (χ1n) is 5.59. The molecule has 0 radical (unpaired) electrons. The predicted octanol–water partition coefficient (Wildman–Crippen LogP) is 1.87. The van der Waals surface area contributed by atoms with Crippen molar-refractivity contribution in [1.82, 2.24) is 9.88 Å². The van der Waals surface area contributed by atoms with Crippen molar-refractivity contribution in [3.63, 3.8) is 0 Å². The van der Waals surface area contributed by atoms with Gasteiger partial charge in [0.1, 0.15) is 0 Å². The smallest absolute Gasteiger partial charge is 0.291 e. The van der Waals surface area contributed by atoms with E-state index in [0.717, 1.165) is 13.0 Å². The molecular weight excluding hydrogens is 216 g/mol. The second-order valence-electron chi connectivity index (χ2n) is 4.11. The molecule has 86 valence electrons. The molecule has 2 heterocycles. The Morgan fingerprint density at radius 1 is 1.29 bits per heavy atom. The van der Waals surface area contributed by atoms with Crippen molar-refractivity contribution in [3.05, 3.63) is 53.7 Å². The molecule has 0 N–H and O–H groups in total. The van der Waals surface area contributed by atoms with Crippen LogP contribution in [0.15, 0.2) is 41.3 Å². The zero-order valence-electron chi connectivity index (χ0n) is 9.30. The zero-order chi connectivity index (χ0) is 11.7. The first-order chi connectivity index (χ1) is 8.34. The van der Waals surface area contributed by atoms with Crippen molar-refractivity contribution in [1.29, 1.82) is 0 Å². The minimum atomic E-state index is -0.0861. The molecule has 1 aromatic heterocycles. The van der Waals surface area contributed by atoms with E-state index in [0.29, 0.717) is 12.3 Å². The third-order valence-electron chi connectivity index (χ3n) is 3.06. The molecule has 4 nitrogen and oxygen atoms in total. The van der Waals surface area contributed by atoms with Gasteiger partial charge in [0, 0.05) is 13.1 Å². The van der Waals surface area contributed by atoms with E-state index in [1.165, 1.54) is 23.7 Å². The van der Waals surface area contributed by atoms with Crippen LogP contribution in [0.4, 0.5) is 0 Å². The number of carbonyl (C=O) groups excluding carboxylic acids is 1. The summed E-state index contributed by atoms with van der Waals surface area (Å²) >= 11 is 0. The number of carbonyl (C=O) groups is 1. The molecule has 0 fully saturated rings. The SMILES string of the molecule is O=C(c1cnco1)N1CCc2ccccc2C1. The largest absolute Gasteiger partial charge is 0.438 e. The molecule has 1 aliphatic heterocycles. The molecule has 1 aliphatic rings. The van der Waals surface area contributed by atoms with Crippen molar-refractivity contribution < 1.29 is 9.21 Å². The second-order valence-corrected chi connectivity index (χ2v) is 4.11. The molecule has 0 saturated carbocycles. The van der Waals surface area contributed by atoms with Crippen molar-refractivity contribution in [2.24, 2.45) is 0 Å². The summed E-state index contributed by atoms with van der Waals surface area (Å²) in [7, 11) is 0. The summed E-state index contributed by atoms with van der Waals surface area (Å²) in [4.78, 5) is 17.6. The number of oxazole rings is 1. The van der Waals surface area contributed by atoms with Gasteiger partial charge in [-0.25, -0.2) is 4.98 Å². The van der Waals surface area contributed by atoms with Crippen LogP contribution in [0.1, 0.15) is 21.7 Å². The first kappa shape index (κ1) is 10.1. The Morgan fingerprint density at radius 2 is 2.12 bits per heavy atom. The van der Waals surface area contributed by atoms with Gasteiger partial charge in [-0.15, -0.1) is 0 Å². The normalized spacial score (nSPS) is 14.5. The number of hydrogen-bond acceptors (Lipinski definition) is 3. The zero-order valence-corrected chi connectivity index (χ0v) is 9.30. The standard InChI is InChI=1S/C13H12N2O2/c16-13(12-7-14-9-17-12)15-6-5-10-3-1-2-4-11(10)8-15/h1-4,7,9H,5-6,8H2. The van der Waals surface area contributed by atoms with Crippen LogP contribution in [-0.4, -0.2) is 22.3 Å². The van der Waals surface area contributed by atoms with E-state index >= 15 is 0 Å². The maximum Gasteiger partial charge on any atom is 0.291 e. The van der Waals surface area contributed by atoms with Gasteiger partial charge in [0.15, 0.2) is 6.39 Å². The Hall–Kier alpha value is -2.10. The Balaban J connectivity index is 1.83. The topological polar surface area (TPSA) is 46.3 Å². The fraction of sp³-hybridized carbons (Fsp3) is 0.231. The predicted molar refractivity (Wildman–Crippen MR) is 61.4 cm³/mol. The molecule has 17 heavy (non-hydrogen) atoms. The fourth-order valence-electron chi connectivity index (χ4n) is 2.15. The van der Waals surface area contributed by atoms with Gasteiger partial charge in [0.05, 0.1) is 6.20 Å². The highest BCUT2D eigenvalue weighted by molar-refractivity contribution is 5.91. The van der Waals surface area contributed by atoms with Gasteiger partial charge in [-0.05, 0) is 17.5 Å². The van der Waals surface area contributed by atoms with E-state index in [-0.39, 0.29) is 5.91 Å². The summed E-state index contributed by atoms with van der Waals surface area (Å²) in [6, 6.07) is 8.22. The molecule has 1 aromatic carbocycles. The van der Waals surface area contributed by atoms with Gasteiger partial charge < -0.3 is 9.32 Å². The summed E-state index contributed by atoms with van der Waals surface area (Å²) in [6.45, 7) is 1.38. The number of rotatable bonds is 1. The molecule has 0 aliphatic carbocycles. The molecule has 0 atom stereocenters. The molecule has 3 rings (SSSR count). The van der Waals surface area contributed by atoms with Crippen LogP contribution >= 0.6 is 0 Å². The van der Waals surface area contributed by atoms with Crippen LogP contribution in [0.5, 0.6) is 0 Å². The monoisotopic (exact) mass is 228 g/mol. The molecule has 4 heteroatoms. The number of nitrogens with zero attached hydrogens (tertiary/aromatic N) is 2. The molecular formula is C13H12N2O2. The second kappa shape index (κ2) is 4.05. The Morgan fingerprint density at radius 3 is 2.88 bits per heavy atom. The molecule has 0 bridgehead atoms. The van der Waals surface area contributed by atoms with Gasteiger partial charge in [0.25, 0.3) is 5.91 Å². The van der Waals surface area contributed by atoms with Gasteiger partial charge in [-0.1, -0.05) is 24.3 Å². The van der Waals surface area contributed by atoms with Gasteiger partial charge >= 0.3 is 0 Å². The minimum Gasteiger partial charge on any atom is -0.438 e. The van der Waals surface area contributed by atoms with Crippen molar-refractivity contribution in [2.75, 3.05) is 6.54 Å². The Bertz CT molecular complexity index is 534. The van der Waals surface area contributed by atoms with E-state index in [4.69, 9.17) is 4.42 Å². The van der Waals surface area contributed by atoms with Crippen LogP contribution < -0.4 is 0 Å². The Labute approximate surface area is 98.9 Å². The van der Waals surface area contributed by atoms with Crippen molar-refractivity contribution in [2.45, 2.75) is 13.0 Å². The summed E-state index contributed by atoms with van der Waals surface area (Å²) < 4.78 is 5.03. The van der Waals surface area contributed by atoms with E-state index in [9.17, 15) is 4.79 Å². The van der Waals surface area contributed by atoms with Gasteiger partial charge in [0.2, 0.25) is 5.76 Å². The van der Waals surface area contributed by atoms with E-state index in [1.54, 1.807) is 4.90 Å². The minimum absolute atomic E-state index is 0.0861. The lowest BCUT2D eigenvalue weighted by Crippen LogP contribution is -2.35. The molecule has 0 saturated heterocycles. The van der Waals surface area contributed by atoms with Gasteiger partial charge in [-0.2, -0.15) is 0 Å². The number of benzene rings is 1. The fourth-order valence-corrected chi connectivity index (χ4v) is 2.15. The average Bonchev–Trinajstić information content (AvgIpc) is 2.91. The van der Waals surface area contributed by atoms with Crippen molar-refractivity contribution >= 4 is 5.91 Å². The number of hydrogen-bond donors (Lipinski definition) is 0. The lowest BCUT2D eigenvalue weighted by Gasteiger charge is -2.27. The van der Waals surface area contributed by atoms with Crippen molar-refractivity contribution in [3.8, 4) is 0 Å². The van der Waals surface area contributed by atoms with E-state index in [2.05, 4.69) is 17.1 Å². The summed E-state index contributed by atoms with van der Waals surface area (Å²) in [5.74, 6) is 0.224. The van der Waals surface area contributed by atoms with Crippen LogP contribution in [0.3, 0.4) is 0 Å². The maximum atomic E-state index is 12.1. The van der Waals surface area contributed by atoms with E-state index < -0.39 is 0 Å². The lowest BCUT2D eigenvalue weighted by molar-refractivity contribution is 0.0702. The molecule has 1 amide bonds. The Kier molecular flexibility index (Phi) is 2.40. The van der Waals surface area contributed by atoms with Crippen LogP contribution in [-0.2, 0) is 13.0 Å². The number of amides is 1. The number of aromatic nitrogens is 1. The van der Waals surface area contributed by atoms with E-state index in [1.807, 2.05) is 12.1 Å². The number of fused-ring (bicyclic) bond motifs is 1. The average molecular weight is 228 g/mol. The summed E-state index contributed by atoms with van der Waals surface area (Å²) in [5, 5.41) is 0. The quantitative estimate of drug-likeness (QED) is 0.748. The first-order valence-corrected chi connectivity index (χ1v) is 5.59.